The number of nitrogens with one attached hydrogen (secondary N) is 1. The number of amidine groups is 1. The third kappa shape index (κ3) is 2.29. The van der Waals surface area contributed by atoms with Crippen molar-refractivity contribution >= 4 is 23.4 Å². The van der Waals surface area contributed by atoms with E-state index in [-0.39, 0.29) is 11.8 Å². The van der Waals surface area contributed by atoms with Crippen molar-refractivity contribution in [1.29, 1.82) is 0 Å². The van der Waals surface area contributed by atoms with Gasteiger partial charge in [0.25, 0.3) is 0 Å². The second kappa shape index (κ2) is 4.38. The number of carboxylic acid groups (broad SMARTS) is 1. The van der Waals surface area contributed by atoms with Crippen LogP contribution in [0.25, 0.3) is 0 Å². The summed E-state index contributed by atoms with van der Waals surface area (Å²) in [5, 5.41) is 13.1. The predicted octanol–water partition coefficient (Wildman–Crippen LogP) is -0.463. The van der Waals surface area contributed by atoms with Crippen LogP contribution in [0.3, 0.4) is 0 Å². The largest absolute Gasteiger partial charge is 0.546 e. The summed E-state index contributed by atoms with van der Waals surface area (Å²) in [7, 11) is 0. The smallest absolute Gasteiger partial charge is 0.226 e. The Labute approximate surface area is 109 Å². The fraction of sp³-hybridized carbons (Fsp3) is 0.308. The van der Waals surface area contributed by atoms with E-state index in [0.29, 0.717) is 18.6 Å². The van der Waals surface area contributed by atoms with Crippen LogP contribution in [0.1, 0.15) is 12.0 Å². The van der Waals surface area contributed by atoms with Crippen LogP contribution in [0, 0.1) is 5.92 Å². The Morgan fingerprint density at radius 3 is 3.11 bits per heavy atom. The molecule has 1 saturated heterocycles. The maximum absolute atomic E-state index is 11.3. The number of hydrogen-bond acceptors (Lipinski definition) is 5. The number of fused-ring (bicyclic) bond motifs is 2. The third-order valence-electron chi connectivity index (χ3n) is 3.20. The average Bonchev–Trinajstić information content (AvgIpc) is 2.72. The van der Waals surface area contributed by atoms with E-state index in [2.05, 4.69) is 10.3 Å². The zero-order valence-corrected chi connectivity index (χ0v) is 10.0. The maximum atomic E-state index is 11.3. The molecule has 3 rings (SSSR count). The van der Waals surface area contributed by atoms with Gasteiger partial charge in [-0.25, -0.2) is 4.99 Å². The van der Waals surface area contributed by atoms with Gasteiger partial charge in [-0.05, 0) is 30.2 Å². The average molecular weight is 259 g/mol. The predicted molar refractivity (Wildman–Crippen MR) is 64.0 cm³/mol. The molecule has 98 valence electrons. The van der Waals surface area contributed by atoms with Crippen molar-refractivity contribution in [1.82, 2.24) is 5.32 Å². The Morgan fingerprint density at radius 2 is 2.32 bits per heavy atom. The number of aliphatic imine (C=N–C) groups is 1. The molecule has 2 aliphatic heterocycles. The van der Waals surface area contributed by atoms with Crippen molar-refractivity contribution in [3.05, 3.63) is 23.8 Å². The fourth-order valence-electron chi connectivity index (χ4n) is 2.37. The molecule has 0 bridgehead atoms. The molecule has 2 heterocycles. The summed E-state index contributed by atoms with van der Waals surface area (Å²) in [6, 6.07) is 5.18. The second-order valence-corrected chi connectivity index (χ2v) is 4.60. The SMILES string of the molecule is O=C([O-])COc1ccc2c(c1)CC1CC(=O)NC1=N2. The number of benzene rings is 1. The molecule has 0 spiro atoms. The Morgan fingerprint density at radius 1 is 1.47 bits per heavy atom. The molecule has 6 heteroatoms. The van der Waals surface area contributed by atoms with E-state index >= 15 is 0 Å². The quantitative estimate of drug-likeness (QED) is 0.795. The topological polar surface area (TPSA) is 90.8 Å². The van der Waals surface area contributed by atoms with Crippen molar-refractivity contribution in [3.8, 4) is 5.75 Å². The number of hydrogen-bond donors (Lipinski definition) is 1. The Balaban J connectivity index is 1.83. The summed E-state index contributed by atoms with van der Waals surface area (Å²) >= 11 is 0. The molecule has 6 nitrogen and oxygen atoms in total. The number of carbonyl (C=O) groups is 2. The number of carboxylic acids is 1. The molecule has 0 radical (unpaired) electrons. The molecular weight excluding hydrogens is 248 g/mol. The highest BCUT2D eigenvalue weighted by molar-refractivity contribution is 6.08. The second-order valence-electron chi connectivity index (χ2n) is 4.60. The molecule has 2 aliphatic rings. The van der Waals surface area contributed by atoms with Crippen LogP contribution >= 0.6 is 0 Å². The van der Waals surface area contributed by atoms with Gasteiger partial charge in [0.15, 0.2) is 0 Å². The van der Waals surface area contributed by atoms with Gasteiger partial charge in [-0.15, -0.1) is 0 Å². The van der Waals surface area contributed by atoms with Crippen LogP contribution in [0.5, 0.6) is 5.75 Å². The lowest BCUT2D eigenvalue weighted by Gasteiger charge is -2.18. The van der Waals surface area contributed by atoms with E-state index in [4.69, 9.17) is 4.74 Å². The highest BCUT2D eigenvalue weighted by Crippen LogP contribution is 2.34. The first-order valence-electron chi connectivity index (χ1n) is 5.96. The molecular formula is C13H11N2O4-. The van der Waals surface area contributed by atoms with Crippen LogP contribution in [0.2, 0.25) is 0 Å². The molecule has 1 fully saturated rings. The number of carbonyl (C=O) groups excluding carboxylic acids is 2. The maximum Gasteiger partial charge on any atom is 0.226 e. The van der Waals surface area contributed by atoms with Gasteiger partial charge >= 0.3 is 0 Å². The van der Waals surface area contributed by atoms with Gasteiger partial charge in [-0.1, -0.05) is 0 Å². The van der Waals surface area contributed by atoms with Gasteiger partial charge in [-0.3, -0.25) is 4.79 Å². The van der Waals surface area contributed by atoms with Gasteiger partial charge in [0, 0.05) is 12.3 Å². The van der Waals surface area contributed by atoms with Crippen LogP contribution in [0.4, 0.5) is 5.69 Å². The summed E-state index contributed by atoms with van der Waals surface area (Å²) in [5.41, 5.74) is 1.75. The van der Waals surface area contributed by atoms with Crippen LogP contribution < -0.4 is 15.2 Å². The normalized spacial score (nSPS) is 20.1. The van der Waals surface area contributed by atoms with Gasteiger partial charge < -0.3 is 20.0 Å². The molecule has 0 aromatic heterocycles. The summed E-state index contributed by atoms with van der Waals surface area (Å²) in [6.07, 6.45) is 1.15. The van der Waals surface area contributed by atoms with Crippen molar-refractivity contribution in [3.63, 3.8) is 0 Å². The summed E-state index contributed by atoms with van der Waals surface area (Å²) in [4.78, 5) is 26.1. The number of ether oxygens (including phenoxy) is 1. The zero-order valence-electron chi connectivity index (χ0n) is 10.0. The number of amides is 1. The van der Waals surface area contributed by atoms with Crippen LogP contribution in [-0.2, 0) is 16.0 Å². The Hall–Kier alpha value is -2.37. The minimum Gasteiger partial charge on any atom is -0.546 e. The fourth-order valence-corrected chi connectivity index (χ4v) is 2.37. The van der Waals surface area contributed by atoms with E-state index in [1.807, 2.05) is 0 Å². The lowest BCUT2D eigenvalue weighted by molar-refractivity contribution is -0.307. The first kappa shape index (κ1) is 11.7. The molecule has 1 unspecified atom stereocenters. The molecule has 1 aromatic carbocycles. The van der Waals surface area contributed by atoms with Crippen LogP contribution in [-0.4, -0.2) is 24.3 Å². The van der Waals surface area contributed by atoms with E-state index in [1.165, 1.54) is 0 Å². The van der Waals surface area contributed by atoms with Gasteiger partial charge in [0.1, 0.15) is 18.2 Å². The van der Waals surface area contributed by atoms with Crippen molar-refractivity contribution in [2.45, 2.75) is 12.8 Å². The summed E-state index contributed by atoms with van der Waals surface area (Å²) in [5.74, 6) is 0.0183. The lowest BCUT2D eigenvalue weighted by Crippen LogP contribution is -2.29. The highest BCUT2D eigenvalue weighted by Gasteiger charge is 2.32. The molecule has 19 heavy (non-hydrogen) atoms. The number of nitrogens with zero attached hydrogens (tertiary/aromatic N) is 1. The number of aliphatic carboxylic acids is 1. The molecule has 1 atom stereocenters. The van der Waals surface area contributed by atoms with E-state index < -0.39 is 12.6 Å². The van der Waals surface area contributed by atoms with Gasteiger partial charge in [0.2, 0.25) is 5.91 Å². The Bertz CT molecular complexity index is 594. The van der Waals surface area contributed by atoms with E-state index in [1.54, 1.807) is 18.2 Å². The molecule has 0 aliphatic carbocycles. The minimum absolute atomic E-state index is 0.00928. The first-order valence-corrected chi connectivity index (χ1v) is 5.96. The van der Waals surface area contributed by atoms with E-state index in [9.17, 15) is 14.7 Å². The molecule has 1 N–H and O–H groups in total. The minimum atomic E-state index is -1.26. The van der Waals surface area contributed by atoms with Crippen molar-refractivity contribution in [2.24, 2.45) is 10.9 Å². The van der Waals surface area contributed by atoms with Gasteiger partial charge in [0.05, 0.1) is 11.7 Å². The standard InChI is InChI=1S/C13H12N2O4/c16-11-5-8-3-7-4-9(19-6-12(17)18)1-2-10(7)14-13(8)15-11/h1-2,4,8H,3,5-6H2,(H,17,18)(H,14,15,16)/p-1. The summed E-state index contributed by atoms with van der Waals surface area (Å²) < 4.78 is 5.07. The third-order valence-corrected chi connectivity index (χ3v) is 3.20. The van der Waals surface area contributed by atoms with E-state index in [0.717, 1.165) is 17.1 Å². The van der Waals surface area contributed by atoms with Crippen LogP contribution in [0.15, 0.2) is 23.2 Å². The first-order chi connectivity index (χ1) is 9.11. The Kier molecular flexibility index (Phi) is 2.70. The summed E-state index contributed by atoms with van der Waals surface area (Å²) in [6.45, 7) is -0.475. The molecule has 1 aromatic rings. The van der Waals surface area contributed by atoms with Crippen molar-refractivity contribution in [2.75, 3.05) is 6.61 Å². The zero-order chi connectivity index (χ0) is 13.4. The van der Waals surface area contributed by atoms with Gasteiger partial charge in [-0.2, -0.15) is 0 Å². The lowest BCUT2D eigenvalue weighted by atomic mass is 9.93. The molecule has 1 amide bonds. The van der Waals surface area contributed by atoms with Crippen molar-refractivity contribution < 1.29 is 19.4 Å². The molecule has 0 saturated carbocycles. The number of rotatable bonds is 3. The highest BCUT2D eigenvalue weighted by atomic mass is 16.5. The monoisotopic (exact) mass is 259 g/mol.